The molecule has 3 N–H and O–H groups in total. The maximum absolute atomic E-state index is 11.6. The number of carboxylic acid groups (broad SMARTS) is 1. The predicted molar refractivity (Wildman–Crippen MR) is 81.8 cm³/mol. The van der Waals surface area contributed by atoms with Crippen LogP contribution in [0, 0.1) is 12.8 Å². The van der Waals surface area contributed by atoms with E-state index in [9.17, 15) is 9.90 Å². The van der Waals surface area contributed by atoms with Crippen molar-refractivity contribution in [2.75, 3.05) is 5.73 Å². The number of aryl methyl sites for hydroxylation is 1. The molecular formula is C17H25NO2. The topological polar surface area (TPSA) is 63.3 Å². The average molecular weight is 275 g/mol. The molecule has 1 aromatic carbocycles. The summed E-state index contributed by atoms with van der Waals surface area (Å²) in [5.74, 6) is -0.508. The van der Waals surface area contributed by atoms with Crippen LogP contribution in [-0.4, -0.2) is 11.1 Å². The summed E-state index contributed by atoms with van der Waals surface area (Å²) in [5.41, 5.74) is 8.43. The van der Waals surface area contributed by atoms with Gasteiger partial charge in [0.15, 0.2) is 0 Å². The molecule has 110 valence electrons. The second kappa shape index (κ2) is 6.78. The Morgan fingerprint density at radius 2 is 2.05 bits per heavy atom. The van der Waals surface area contributed by atoms with E-state index in [1.807, 2.05) is 25.1 Å². The van der Waals surface area contributed by atoms with E-state index in [4.69, 9.17) is 5.73 Å². The Morgan fingerprint density at radius 1 is 1.35 bits per heavy atom. The van der Waals surface area contributed by atoms with E-state index < -0.39 is 11.9 Å². The first kappa shape index (κ1) is 14.9. The highest BCUT2D eigenvalue weighted by Gasteiger charge is 2.24. The minimum absolute atomic E-state index is 0.461. The van der Waals surface area contributed by atoms with Gasteiger partial charge in [0.25, 0.3) is 0 Å². The van der Waals surface area contributed by atoms with Crippen LogP contribution in [0.4, 0.5) is 5.69 Å². The average Bonchev–Trinajstić information content (AvgIpc) is 2.43. The van der Waals surface area contributed by atoms with Gasteiger partial charge in [-0.2, -0.15) is 0 Å². The summed E-state index contributed by atoms with van der Waals surface area (Å²) in [6.07, 6.45) is 8.16. The second-order valence-electron chi connectivity index (χ2n) is 6.10. The summed E-state index contributed by atoms with van der Waals surface area (Å²) in [5, 5.41) is 9.52. The molecule has 0 amide bonds. The molecular weight excluding hydrogens is 250 g/mol. The van der Waals surface area contributed by atoms with Gasteiger partial charge in [-0.15, -0.1) is 0 Å². The lowest BCUT2D eigenvalue weighted by molar-refractivity contribution is -0.139. The second-order valence-corrected chi connectivity index (χ2v) is 6.10. The fraction of sp³-hybridized carbons (Fsp3) is 0.588. The lowest BCUT2D eigenvalue weighted by atomic mass is 9.82. The molecule has 1 fully saturated rings. The van der Waals surface area contributed by atoms with Gasteiger partial charge in [-0.05, 0) is 37.3 Å². The van der Waals surface area contributed by atoms with Gasteiger partial charge >= 0.3 is 5.97 Å². The van der Waals surface area contributed by atoms with E-state index >= 15 is 0 Å². The van der Waals surface area contributed by atoms with Crippen LogP contribution in [0.5, 0.6) is 0 Å². The van der Waals surface area contributed by atoms with Crippen molar-refractivity contribution in [2.45, 2.75) is 57.8 Å². The Balaban J connectivity index is 2.06. The molecule has 0 heterocycles. The zero-order valence-electron chi connectivity index (χ0n) is 12.3. The van der Waals surface area contributed by atoms with Crippen LogP contribution in [0.1, 0.15) is 62.0 Å². The van der Waals surface area contributed by atoms with Crippen molar-refractivity contribution in [3.8, 4) is 0 Å². The molecule has 0 aliphatic heterocycles. The lowest BCUT2D eigenvalue weighted by Crippen LogP contribution is -2.16. The largest absolute Gasteiger partial charge is 0.481 e. The SMILES string of the molecule is Cc1ccc(N)c(C(CCC2CCCCC2)C(=O)O)c1. The smallest absolute Gasteiger partial charge is 0.311 e. The number of hydrogen-bond acceptors (Lipinski definition) is 2. The standard InChI is InChI=1S/C17H25NO2/c1-12-7-10-16(18)15(11-12)14(17(19)20)9-8-13-5-3-2-4-6-13/h7,10-11,13-14H,2-6,8-9,18H2,1H3,(H,19,20). The molecule has 20 heavy (non-hydrogen) atoms. The van der Waals surface area contributed by atoms with Crippen molar-refractivity contribution in [1.29, 1.82) is 0 Å². The summed E-state index contributed by atoms with van der Waals surface area (Å²) in [7, 11) is 0. The first-order valence-electron chi connectivity index (χ1n) is 7.66. The van der Waals surface area contributed by atoms with E-state index in [-0.39, 0.29) is 0 Å². The van der Waals surface area contributed by atoms with Crippen LogP contribution < -0.4 is 5.73 Å². The summed E-state index contributed by atoms with van der Waals surface area (Å²) in [4.78, 5) is 11.6. The highest BCUT2D eigenvalue weighted by Crippen LogP contribution is 2.33. The van der Waals surface area contributed by atoms with Crippen LogP contribution in [0.15, 0.2) is 18.2 Å². The van der Waals surface area contributed by atoms with Gasteiger partial charge in [0.1, 0.15) is 0 Å². The quantitative estimate of drug-likeness (QED) is 0.795. The van der Waals surface area contributed by atoms with Crippen molar-refractivity contribution < 1.29 is 9.90 Å². The number of carboxylic acids is 1. The van der Waals surface area contributed by atoms with Crippen molar-refractivity contribution in [1.82, 2.24) is 0 Å². The van der Waals surface area contributed by atoms with Gasteiger partial charge < -0.3 is 10.8 Å². The Labute approximate surface area is 121 Å². The summed E-state index contributed by atoms with van der Waals surface area (Å²) < 4.78 is 0. The molecule has 0 saturated heterocycles. The molecule has 1 aliphatic carbocycles. The van der Waals surface area contributed by atoms with Crippen LogP contribution in [0.25, 0.3) is 0 Å². The van der Waals surface area contributed by atoms with E-state index in [0.717, 1.165) is 17.5 Å². The van der Waals surface area contributed by atoms with Crippen LogP contribution in [-0.2, 0) is 4.79 Å². The number of anilines is 1. The lowest BCUT2D eigenvalue weighted by Gasteiger charge is -2.23. The summed E-state index contributed by atoms with van der Waals surface area (Å²) >= 11 is 0. The number of carbonyl (C=O) groups is 1. The number of hydrogen-bond donors (Lipinski definition) is 2. The van der Waals surface area contributed by atoms with E-state index in [0.29, 0.717) is 18.0 Å². The Kier molecular flexibility index (Phi) is 5.05. The van der Waals surface area contributed by atoms with Gasteiger partial charge in [0.2, 0.25) is 0 Å². The minimum atomic E-state index is -0.752. The number of benzene rings is 1. The van der Waals surface area contributed by atoms with Crippen LogP contribution in [0.3, 0.4) is 0 Å². The van der Waals surface area contributed by atoms with Crippen molar-refractivity contribution in [3.63, 3.8) is 0 Å². The zero-order chi connectivity index (χ0) is 14.5. The van der Waals surface area contributed by atoms with Gasteiger partial charge in [-0.3, -0.25) is 4.79 Å². The zero-order valence-corrected chi connectivity index (χ0v) is 12.3. The van der Waals surface area contributed by atoms with E-state index in [1.165, 1.54) is 32.1 Å². The third-order valence-corrected chi connectivity index (χ3v) is 4.50. The first-order chi connectivity index (χ1) is 9.58. The predicted octanol–water partition coefficient (Wildman–Crippen LogP) is 4.11. The molecule has 1 saturated carbocycles. The third-order valence-electron chi connectivity index (χ3n) is 4.50. The summed E-state index contributed by atoms with van der Waals surface area (Å²) in [6.45, 7) is 1.98. The number of nitrogens with two attached hydrogens (primary N) is 1. The molecule has 2 rings (SSSR count). The number of rotatable bonds is 5. The molecule has 0 spiro atoms. The number of nitrogen functional groups attached to an aromatic ring is 1. The van der Waals surface area contributed by atoms with Gasteiger partial charge in [-0.1, -0.05) is 49.8 Å². The molecule has 1 aliphatic rings. The van der Waals surface area contributed by atoms with Gasteiger partial charge in [-0.25, -0.2) is 0 Å². The highest BCUT2D eigenvalue weighted by atomic mass is 16.4. The fourth-order valence-corrected chi connectivity index (χ4v) is 3.29. The highest BCUT2D eigenvalue weighted by molar-refractivity contribution is 5.78. The molecule has 1 aromatic rings. The molecule has 3 heteroatoms. The monoisotopic (exact) mass is 275 g/mol. The Bertz CT molecular complexity index is 464. The van der Waals surface area contributed by atoms with E-state index in [2.05, 4.69) is 0 Å². The molecule has 1 unspecified atom stereocenters. The maximum Gasteiger partial charge on any atom is 0.311 e. The molecule has 0 bridgehead atoms. The van der Waals surface area contributed by atoms with E-state index in [1.54, 1.807) is 0 Å². The van der Waals surface area contributed by atoms with Gasteiger partial charge in [0.05, 0.1) is 5.92 Å². The number of aliphatic carboxylic acids is 1. The van der Waals surface area contributed by atoms with Gasteiger partial charge in [0, 0.05) is 5.69 Å². The fourth-order valence-electron chi connectivity index (χ4n) is 3.29. The summed E-state index contributed by atoms with van der Waals surface area (Å²) in [6, 6.07) is 5.68. The minimum Gasteiger partial charge on any atom is -0.481 e. The molecule has 3 nitrogen and oxygen atoms in total. The van der Waals surface area contributed by atoms with Crippen molar-refractivity contribution in [2.24, 2.45) is 5.92 Å². The Hall–Kier alpha value is -1.51. The van der Waals surface area contributed by atoms with Crippen molar-refractivity contribution >= 4 is 11.7 Å². The molecule has 0 radical (unpaired) electrons. The normalized spacial score (nSPS) is 17.9. The van der Waals surface area contributed by atoms with Crippen LogP contribution >= 0.6 is 0 Å². The van der Waals surface area contributed by atoms with Crippen molar-refractivity contribution in [3.05, 3.63) is 29.3 Å². The first-order valence-corrected chi connectivity index (χ1v) is 7.66. The van der Waals surface area contributed by atoms with Crippen LogP contribution in [0.2, 0.25) is 0 Å². The molecule has 1 atom stereocenters. The molecule has 0 aromatic heterocycles. The maximum atomic E-state index is 11.6. The Morgan fingerprint density at radius 3 is 2.70 bits per heavy atom. The third kappa shape index (κ3) is 3.75.